The number of nitrogens with one attached hydrogen (secondary N) is 1. The number of rotatable bonds is 8. The van der Waals surface area contributed by atoms with Gasteiger partial charge >= 0.3 is 24.0 Å². The number of ketones is 1. The number of hydrogen-bond donors (Lipinski definition) is 4. The molecule has 2 saturated heterocycles. The van der Waals surface area contributed by atoms with Crippen LogP contribution in [-0.2, 0) is 42.8 Å². The van der Waals surface area contributed by atoms with Crippen molar-refractivity contribution in [1.29, 1.82) is 0 Å². The number of amides is 1. The van der Waals surface area contributed by atoms with E-state index >= 15 is 4.79 Å². The number of esters is 3. The quantitative estimate of drug-likeness (QED) is 0.130. The molecule has 15 heteroatoms. The lowest BCUT2D eigenvalue weighted by molar-refractivity contribution is -0.325. The zero-order chi connectivity index (χ0) is 42.3. The third-order valence-corrected chi connectivity index (χ3v) is 12.8. The molecule has 3 aliphatic carbocycles. The molecule has 2 bridgehead atoms. The topological polar surface area (TPSA) is 217 Å². The molecule has 0 aromatic heterocycles. The fourth-order valence-corrected chi connectivity index (χ4v) is 9.95. The summed E-state index contributed by atoms with van der Waals surface area (Å²) in [5, 5.41) is 39.9. The highest BCUT2D eigenvalue weighted by atomic mass is 16.7. The first-order valence-electron chi connectivity index (χ1n) is 19.4. The Hall–Kier alpha value is -4.67. The zero-order valence-electron chi connectivity index (χ0n) is 33.7. The Bertz CT molecular complexity index is 2030. The van der Waals surface area contributed by atoms with Crippen molar-refractivity contribution in [1.82, 2.24) is 5.32 Å². The number of hydrogen-bond acceptors (Lipinski definition) is 14. The standard InChI is InChI=1S/C43H51NO14/c1-21-25(54-37(50)29(47)27(23-15-11-9-12-16-23)44-38(51)58-39(3,4)5)19-43(52)35(56-36(49)24-17-13-10-14-18-24)31-41(8,32(48)28(46)26(21)40(43,6)7)33-30(55-33)34-42(31,20-53-34)57-22(2)45/h9-18,25,27-31,33-35,46-47,52H,19-20H2,1-8H3,(H,44,51). The van der Waals surface area contributed by atoms with Gasteiger partial charge in [0.05, 0.1) is 35.6 Å². The highest BCUT2D eigenvalue weighted by Gasteiger charge is 2.84. The minimum atomic E-state index is -2.28. The molecule has 2 aromatic rings. The highest BCUT2D eigenvalue weighted by molar-refractivity contribution is 5.94. The van der Waals surface area contributed by atoms with E-state index in [0.29, 0.717) is 5.56 Å². The lowest BCUT2D eigenvalue weighted by Gasteiger charge is -2.65. The first-order chi connectivity index (χ1) is 27.1. The van der Waals surface area contributed by atoms with Crippen molar-refractivity contribution in [2.75, 3.05) is 6.61 Å². The van der Waals surface area contributed by atoms with Crippen LogP contribution < -0.4 is 5.32 Å². The molecule has 4 fully saturated rings. The summed E-state index contributed by atoms with van der Waals surface area (Å²) in [7, 11) is 0. The van der Waals surface area contributed by atoms with Crippen LogP contribution in [0.2, 0.25) is 0 Å². The second-order valence-electron chi connectivity index (χ2n) is 17.8. The molecule has 12 atom stereocenters. The van der Waals surface area contributed by atoms with Crippen molar-refractivity contribution in [3.63, 3.8) is 0 Å². The van der Waals surface area contributed by atoms with Crippen molar-refractivity contribution in [3.8, 4) is 0 Å². The summed E-state index contributed by atoms with van der Waals surface area (Å²) in [6.07, 6.45) is -10.9. The van der Waals surface area contributed by atoms with E-state index in [4.69, 9.17) is 28.4 Å². The maximum Gasteiger partial charge on any atom is 0.408 e. The van der Waals surface area contributed by atoms with Crippen LogP contribution in [0.4, 0.5) is 4.79 Å². The van der Waals surface area contributed by atoms with Gasteiger partial charge in [0.25, 0.3) is 0 Å². The van der Waals surface area contributed by atoms with Gasteiger partial charge in [0.15, 0.2) is 17.5 Å². The smallest absolute Gasteiger partial charge is 0.408 e. The minimum Gasteiger partial charge on any atom is -0.456 e. The van der Waals surface area contributed by atoms with Crippen molar-refractivity contribution >= 4 is 29.8 Å². The van der Waals surface area contributed by atoms with Crippen molar-refractivity contribution in [3.05, 3.63) is 82.9 Å². The van der Waals surface area contributed by atoms with E-state index in [1.165, 1.54) is 19.1 Å². The predicted octanol–water partition coefficient (Wildman–Crippen LogP) is 3.28. The summed E-state index contributed by atoms with van der Waals surface area (Å²) >= 11 is 0. The molecule has 58 heavy (non-hydrogen) atoms. The first kappa shape index (κ1) is 41.5. The molecular formula is C43H51NO14. The second kappa shape index (κ2) is 14.3. The molecule has 2 saturated carbocycles. The molecule has 5 aliphatic rings. The number of epoxide rings is 1. The van der Waals surface area contributed by atoms with Crippen molar-refractivity contribution < 1.29 is 67.7 Å². The maximum absolute atomic E-state index is 15.1. The zero-order valence-corrected chi connectivity index (χ0v) is 33.7. The van der Waals surface area contributed by atoms with Gasteiger partial charge in [-0.1, -0.05) is 62.4 Å². The Labute approximate surface area is 336 Å². The van der Waals surface area contributed by atoms with E-state index in [0.717, 1.165) is 0 Å². The molecule has 7 rings (SSSR count). The Morgan fingerprint density at radius 2 is 1.57 bits per heavy atom. The number of Topliss-reactive ketones (excluding diaryl/α,β-unsaturated/α-hetero) is 1. The summed E-state index contributed by atoms with van der Waals surface area (Å²) in [6, 6.07) is 14.8. The van der Waals surface area contributed by atoms with Crippen molar-refractivity contribution in [2.24, 2.45) is 16.7 Å². The lowest BCUT2D eigenvalue weighted by Crippen LogP contribution is -2.81. The molecule has 2 aromatic carbocycles. The molecule has 12 unspecified atom stereocenters. The Balaban J connectivity index is 1.34. The number of carbonyl (C=O) groups is 5. The van der Waals surface area contributed by atoms with Crippen LogP contribution in [0, 0.1) is 16.7 Å². The average molecular weight is 806 g/mol. The molecule has 0 radical (unpaired) electrons. The van der Waals surface area contributed by atoms with Gasteiger partial charge in [-0.05, 0) is 63.5 Å². The number of alkyl carbamates (subject to hydrolysis) is 1. The van der Waals surface area contributed by atoms with Gasteiger partial charge in [0, 0.05) is 18.8 Å². The summed E-state index contributed by atoms with van der Waals surface area (Å²) in [6.45, 7) is 12.2. The van der Waals surface area contributed by atoms with Gasteiger partial charge in [-0.2, -0.15) is 0 Å². The van der Waals surface area contributed by atoms with Gasteiger partial charge in [-0.15, -0.1) is 0 Å². The molecule has 312 valence electrons. The van der Waals surface area contributed by atoms with Gasteiger partial charge < -0.3 is 49.1 Å². The highest BCUT2D eigenvalue weighted by Crippen LogP contribution is 2.68. The van der Waals surface area contributed by atoms with E-state index < -0.39 is 119 Å². The molecule has 2 aliphatic heterocycles. The van der Waals surface area contributed by atoms with Crippen LogP contribution in [0.1, 0.15) is 83.8 Å². The number of fused-ring (bicyclic) bond motifs is 8. The number of carbonyl (C=O) groups excluding carboxylic acids is 5. The fraction of sp³-hybridized carbons (Fsp3) is 0.558. The summed E-state index contributed by atoms with van der Waals surface area (Å²) in [4.78, 5) is 69.2. The van der Waals surface area contributed by atoms with Crippen LogP contribution in [0.5, 0.6) is 0 Å². The Kier molecular flexibility index (Phi) is 10.2. The van der Waals surface area contributed by atoms with E-state index in [1.807, 2.05) is 0 Å². The van der Waals surface area contributed by atoms with Crippen LogP contribution in [0.25, 0.3) is 0 Å². The SMILES string of the molecule is CC(=O)OC12COC1C1OC1C1(C)C(=O)C(O)C3=C(C)C(OC(=O)C(O)C(NC(=O)OC(C)(C)C)c4ccccc4)CC(O)(C(OC(=O)c4ccccc4)C21)C3(C)C. The molecule has 4 N–H and O–H groups in total. The monoisotopic (exact) mass is 805 g/mol. The third kappa shape index (κ3) is 6.51. The first-order valence-corrected chi connectivity index (χ1v) is 19.4. The number of aliphatic hydroxyl groups excluding tert-OH is 2. The Morgan fingerprint density at radius 1 is 0.948 bits per heavy atom. The van der Waals surface area contributed by atoms with Crippen LogP contribution in [0.3, 0.4) is 0 Å². The average Bonchev–Trinajstić information content (AvgIpc) is 3.93. The normalized spacial score (nSPS) is 35.5. The lowest BCUT2D eigenvalue weighted by atomic mass is 9.45. The summed E-state index contributed by atoms with van der Waals surface area (Å²) < 4.78 is 35.9. The van der Waals surface area contributed by atoms with E-state index in [1.54, 1.807) is 97.0 Å². The van der Waals surface area contributed by atoms with E-state index in [2.05, 4.69) is 5.32 Å². The van der Waals surface area contributed by atoms with E-state index in [-0.39, 0.29) is 23.3 Å². The largest absolute Gasteiger partial charge is 0.456 e. The fourth-order valence-electron chi connectivity index (χ4n) is 9.95. The second-order valence-corrected chi connectivity index (χ2v) is 17.8. The Morgan fingerprint density at radius 3 is 2.14 bits per heavy atom. The minimum absolute atomic E-state index is 0.0104. The molecule has 0 spiro atoms. The van der Waals surface area contributed by atoms with Gasteiger partial charge in [-0.25, -0.2) is 14.4 Å². The number of aliphatic hydroxyl groups is 3. The van der Waals surface area contributed by atoms with Crippen LogP contribution in [-0.4, -0.2) is 111 Å². The predicted molar refractivity (Wildman–Crippen MR) is 202 cm³/mol. The molecule has 1 amide bonds. The molecule has 15 nitrogen and oxygen atoms in total. The molecule has 2 heterocycles. The van der Waals surface area contributed by atoms with E-state index in [9.17, 15) is 34.5 Å². The summed E-state index contributed by atoms with van der Waals surface area (Å²) in [5.41, 5.74) is -7.45. The third-order valence-electron chi connectivity index (χ3n) is 12.8. The van der Waals surface area contributed by atoms with Gasteiger partial charge in [0.2, 0.25) is 0 Å². The van der Waals surface area contributed by atoms with Crippen molar-refractivity contribution in [2.45, 2.75) is 127 Å². The van der Waals surface area contributed by atoms with Gasteiger partial charge in [0.1, 0.15) is 41.7 Å². The van der Waals surface area contributed by atoms with Crippen LogP contribution >= 0.6 is 0 Å². The van der Waals surface area contributed by atoms with Gasteiger partial charge in [-0.3, -0.25) is 9.59 Å². The maximum atomic E-state index is 15.1. The number of ether oxygens (including phenoxy) is 6. The number of benzene rings is 2. The van der Waals surface area contributed by atoms with Crippen LogP contribution in [0.15, 0.2) is 71.8 Å². The molecular weight excluding hydrogens is 754 g/mol. The summed E-state index contributed by atoms with van der Waals surface area (Å²) in [5.74, 6) is -4.90.